The molecule has 0 N–H and O–H groups in total. The summed E-state index contributed by atoms with van der Waals surface area (Å²) in [4.78, 5) is 16.3. The molecule has 0 bridgehead atoms. The first kappa shape index (κ1) is 14.1. The van der Waals surface area contributed by atoms with E-state index < -0.39 is 0 Å². The molecule has 116 valence electrons. The van der Waals surface area contributed by atoms with Crippen LogP contribution in [-0.2, 0) is 19.5 Å². The summed E-state index contributed by atoms with van der Waals surface area (Å²) in [7, 11) is 0. The molecule has 0 atom stereocenters. The molecule has 4 rings (SSSR count). The summed E-state index contributed by atoms with van der Waals surface area (Å²) in [6, 6.07) is 8.66. The Morgan fingerprint density at radius 2 is 1.96 bits per heavy atom. The molecule has 3 aromatic rings. The average molecular weight is 304 g/mol. The number of benzene rings is 1. The zero-order valence-corrected chi connectivity index (χ0v) is 13.8. The van der Waals surface area contributed by atoms with Gasteiger partial charge in [-0.25, -0.2) is 15.0 Å². The van der Waals surface area contributed by atoms with Gasteiger partial charge in [-0.15, -0.1) is 0 Å². The molecule has 0 saturated carbocycles. The lowest BCUT2D eigenvalue weighted by atomic mass is 10.1. The van der Waals surface area contributed by atoms with Crippen LogP contribution in [0.15, 0.2) is 30.5 Å². The number of hydrogen-bond donors (Lipinski definition) is 0. The highest BCUT2D eigenvalue weighted by atomic mass is 15.2. The Morgan fingerprint density at radius 3 is 2.78 bits per heavy atom. The van der Waals surface area contributed by atoms with E-state index in [-0.39, 0.29) is 0 Å². The fourth-order valence-electron chi connectivity index (χ4n) is 3.21. The van der Waals surface area contributed by atoms with Crippen molar-refractivity contribution in [3.63, 3.8) is 0 Å². The van der Waals surface area contributed by atoms with Crippen molar-refractivity contribution >= 4 is 16.7 Å². The maximum atomic E-state index is 4.92. The number of pyridine rings is 1. The van der Waals surface area contributed by atoms with Gasteiger partial charge < -0.3 is 4.90 Å². The van der Waals surface area contributed by atoms with E-state index in [0.717, 1.165) is 42.4 Å². The summed E-state index contributed by atoms with van der Waals surface area (Å²) < 4.78 is 0. The topological polar surface area (TPSA) is 41.9 Å². The largest absolute Gasteiger partial charge is 0.346 e. The van der Waals surface area contributed by atoms with E-state index >= 15 is 0 Å². The van der Waals surface area contributed by atoms with E-state index in [1.165, 1.54) is 22.1 Å². The first-order valence-corrected chi connectivity index (χ1v) is 8.10. The molecule has 1 aliphatic rings. The van der Waals surface area contributed by atoms with Gasteiger partial charge in [-0.1, -0.05) is 19.1 Å². The fourth-order valence-corrected chi connectivity index (χ4v) is 3.21. The maximum absolute atomic E-state index is 4.92. The monoisotopic (exact) mass is 304 g/mol. The van der Waals surface area contributed by atoms with Crippen molar-refractivity contribution in [3.05, 3.63) is 58.7 Å². The van der Waals surface area contributed by atoms with Crippen LogP contribution in [0.2, 0.25) is 0 Å². The van der Waals surface area contributed by atoms with E-state index in [2.05, 4.69) is 59.9 Å². The molecule has 0 amide bonds. The van der Waals surface area contributed by atoms with Gasteiger partial charge in [-0.2, -0.15) is 0 Å². The van der Waals surface area contributed by atoms with Crippen molar-refractivity contribution in [2.75, 3.05) is 4.90 Å². The van der Waals surface area contributed by atoms with Crippen LogP contribution < -0.4 is 4.90 Å². The summed E-state index contributed by atoms with van der Waals surface area (Å²) in [5.74, 6) is 1.98. The van der Waals surface area contributed by atoms with Crippen molar-refractivity contribution in [1.82, 2.24) is 15.0 Å². The predicted molar refractivity (Wildman–Crippen MR) is 92.5 cm³/mol. The van der Waals surface area contributed by atoms with E-state index in [0.29, 0.717) is 0 Å². The lowest BCUT2D eigenvalue weighted by molar-refractivity contribution is 0.840. The summed E-state index contributed by atoms with van der Waals surface area (Å²) in [5.41, 5.74) is 5.86. The van der Waals surface area contributed by atoms with Gasteiger partial charge in [-0.3, -0.25) is 0 Å². The maximum Gasteiger partial charge on any atom is 0.132 e. The average Bonchev–Trinajstić information content (AvgIpc) is 2.97. The molecule has 23 heavy (non-hydrogen) atoms. The van der Waals surface area contributed by atoms with Gasteiger partial charge in [0.05, 0.1) is 17.8 Å². The van der Waals surface area contributed by atoms with Crippen LogP contribution in [0.1, 0.15) is 35.1 Å². The number of anilines is 1. The molecule has 0 saturated heterocycles. The van der Waals surface area contributed by atoms with Crippen molar-refractivity contribution in [2.24, 2.45) is 0 Å². The van der Waals surface area contributed by atoms with E-state index in [4.69, 9.17) is 4.98 Å². The zero-order valence-electron chi connectivity index (χ0n) is 13.8. The molecule has 0 unspecified atom stereocenters. The molecule has 0 aliphatic carbocycles. The lowest BCUT2D eigenvalue weighted by Gasteiger charge is -2.19. The molecule has 4 nitrogen and oxygen atoms in total. The van der Waals surface area contributed by atoms with E-state index in [1.54, 1.807) is 0 Å². The summed E-state index contributed by atoms with van der Waals surface area (Å²) in [6.07, 6.45) is 2.85. The summed E-state index contributed by atoms with van der Waals surface area (Å²) >= 11 is 0. The van der Waals surface area contributed by atoms with Crippen LogP contribution >= 0.6 is 0 Å². The molecule has 4 heteroatoms. The third-order valence-electron chi connectivity index (χ3n) is 4.46. The number of fused-ring (bicyclic) bond motifs is 2. The molecule has 2 aromatic heterocycles. The van der Waals surface area contributed by atoms with Gasteiger partial charge in [0, 0.05) is 30.1 Å². The molecule has 3 heterocycles. The number of aromatic nitrogens is 3. The minimum atomic E-state index is 0.815. The Bertz CT molecular complexity index is 901. The first-order valence-electron chi connectivity index (χ1n) is 8.10. The highest BCUT2D eigenvalue weighted by Gasteiger charge is 2.23. The Hall–Kier alpha value is -2.49. The normalized spacial score (nSPS) is 13.6. The Labute approximate surface area is 136 Å². The van der Waals surface area contributed by atoms with Crippen LogP contribution in [-0.4, -0.2) is 15.0 Å². The fraction of sp³-hybridized carbons (Fsp3) is 0.316. The van der Waals surface area contributed by atoms with Crippen LogP contribution in [0, 0.1) is 13.8 Å². The Balaban J connectivity index is 1.74. The van der Waals surface area contributed by atoms with Crippen molar-refractivity contribution in [1.29, 1.82) is 0 Å². The highest BCUT2D eigenvalue weighted by molar-refractivity contribution is 5.82. The zero-order chi connectivity index (χ0) is 16.0. The van der Waals surface area contributed by atoms with Crippen molar-refractivity contribution in [2.45, 2.75) is 40.3 Å². The Morgan fingerprint density at radius 1 is 1.09 bits per heavy atom. The molecule has 0 fully saturated rings. The number of rotatable bonds is 2. The second-order valence-electron chi connectivity index (χ2n) is 6.29. The van der Waals surface area contributed by atoms with Crippen LogP contribution in [0.4, 0.5) is 5.82 Å². The SMILES string of the molecule is CCc1ncc2c(n1)CN(c1nc3cc(C)ccc3cc1C)C2. The van der Waals surface area contributed by atoms with E-state index in [1.807, 2.05) is 6.20 Å². The quantitative estimate of drug-likeness (QED) is 0.723. The minimum Gasteiger partial charge on any atom is -0.346 e. The van der Waals surface area contributed by atoms with Crippen molar-refractivity contribution in [3.8, 4) is 0 Å². The molecule has 0 radical (unpaired) electrons. The van der Waals surface area contributed by atoms with Gasteiger partial charge in [0.2, 0.25) is 0 Å². The smallest absolute Gasteiger partial charge is 0.132 e. The second-order valence-corrected chi connectivity index (χ2v) is 6.29. The molecular formula is C19H20N4. The third-order valence-corrected chi connectivity index (χ3v) is 4.46. The van der Waals surface area contributed by atoms with Gasteiger partial charge in [0.1, 0.15) is 11.6 Å². The number of nitrogens with zero attached hydrogens (tertiary/aromatic N) is 4. The molecule has 1 aliphatic heterocycles. The molecular weight excluding hydrogens is 284 g/mol. The number of hydrogen-bond acceptors (Lipinski definition) is 4. The van der Waals surface area contributed by atoms with Crippen LogP contribution in [0.5, 0.6) is 0 Å². The highest BCUT2D eigenvalue weighted by Crippen LogP contribution is 2.30. The Kier molecular flexibility index (Phi) is 3.26. The molecule has 0 spiro atoms. The third kappa shape index (κ3) is 2.44. The first-order chi connectivity index (χ1) is 11.1. The second kappa shape index (κ2) is 5.30. The minimum absolute atomic E-state index is 0.815. The van der Waals surface area contributed by atoms with Crippen LogP contribution in [0.3, 0.4) is 0 Å². The predicted octanol–water partition coefficient (Wildman–Crippen LogP) is 3.72. The molecule has 1 aromatic carbocycles. The summed E-state index contributed by atoms with van der Waals surface area (Å²) in [5, 5.41) is 1.20. The van der Waals surface area contributed by atoms with Gasteiger partial charge in [0.25, 0.3) is 0 Å². The van der Waals surface area contributed by atoms with Gasteiger partial charge in [-0.05, 0) is 37.1 Å². The number of aryl methyl sites for hydroxylation is 3. The van der Waals surface area contributed by atoms with Crippen molar-refractivity contribution < 1.29 is 0 Å². The van der Waals surface area contributed by atoms with Gasteiger partial charge in [0.15, 0.2) is 0 Å². The van der Waals surface area contributed by atoms with E-state index in [9.17, 15) is 0 Å². The van der Waals surface area contributed by atoms with Gasteiger partial charge >= 0.3 is 0 Å². The standard InChI is InChI=1S/C19H20N4/c1-4-18-20-9-15-10-23(11-17(15)21-18)19-13(3)8-14-6-5-12(2)7-16(14)22-19/h5-9H,4,10-11H2,1-3H3. The summed E-state index contributed by atoms with van der Waals surface area (Å²) in [6.45, 7) is 7.98. The lowest BCUT2D eigenvalue weighted by Crippen LogP contribution is -2.17. The van der Waals surface area contributed by atoms with Crippen LogP contribution in [0.25, 0.3) is 10.9 Å².